The SMILES string of the molecule is CC(C)C[C@H](NC(N)=O)C(=O)NCc1ccc(F)cc1. The van der Waals surface area contributed by atoms with Gasteiger partial charge in [-0.1, -0.05) is 26.0 Å². The van der Waals surface area contributed by atoms with E-state index in [0.29, 0.717) is 6.42 Å². The summed E-state index contributed by atoms with van der Waals surface area (Å²) in [4.78, 5) is 22.9. The molecule has 0 heterocycles. The molecule has 0 aliphatic rings. The molecule has 6 heteroatoms. The maximum absolute atomic E-state index is 12.8. The molecule has 0 bridgehead atoms. The molecule has 4 N–H and O–H groups in total. The first-order valence-corrected chi connectivity index (χ1v) is 6.46. The van der Waals surface area contributed by atoms with Crippen molar-refractivity contribution in [1.82, 2.24) is 10.6 Å². The average Bonchev–Trinajstić information content (AvgIpc) is 2.36. The molecule has 110 valence electrons. The van der Waals surface area contributed by atoms with Crippen LogP contribution in [0.15, 0.2) is 24.3 Å². The summed E-state index contributed by atoms with van der Waals surface area (Å²) in [6.07, 6.45) is 0.498. The van der Waals surface area contributed by atoms with Crippen molar-refractivity contribution in [3.8, 4) is 0 Å². The molecule has 0 aliphatic heterocycles. The predicted octanol–water partition coefficient (Wildman–Crippen LogP) is 1.52. The van der Waals surface area contributed by atoms with Gasteiger partial charge in [0.15, 0.2) is 0 Å². The lowest BCUT2D eigenvalue weighted by atomic mass is 10.0. The van der Waals surface area contributed by atoms with E-state index >= 15 is 0 Å². The number of amides is 3. The van der Waals surface area contributed by atoms with E-state index in [4.69, 9.17) is 5.73 Å². The van der Waals surface area contributed by atoms with Crippen LogP contribution in [0.4, 0.5) is 9.18 Å². The van der Waals surface area contributed by atoms with Crippen molar-refractivity contribution in [2.75, 3.05) is 0 Å². The number of nitrogens with one attached hydrogen (secondary N) is 2. The second-order valence-corrected chi connectivity index (χ2v) is 5.03. The number of primary amides is 1. The van der Waals surface area contributed by atoms with Gasteiger partial charge in [0.1, 0.15) is 11.9 Å². The normalized spacial score (nSPS) is 12.0. The highest BCUT2D eigenvalue weighted by Crippen LogP contribution is 2.06. The number of hydrogen-bond acceptors (Lipinski definition) is 2. The van der Waals surface area contributed by atoms with Gasteiger partial charge in [0.2, 0.25) is 5.91 Å². The molecule has 0 spiro atoms. The number of carbonyl (C=O) groups excluding carboxylic acids is 2. The van der Waals surface area contributed by atoms with Crippen LogP contribution in [-0.2, 0) is 11.3 Å². The summed E-state index contributed by atoms with van der Waals surface area (Å²) in [5.74, 6) is -0.390. The number of urea groups is 1. The fraction of sp³-hybridized carbons (Fsp3) is 0.429. The highest BCUT2D eigenvalue weighted by atomic mass is 19.1. The fourth-order valence-electron chi connectivity index (χ4n) is 1.79. The van der Waals surface area contributed by atoms with Gasteiger partial charge in [0.05, 0.1) is 0 Å². The molecular formula is C14H20FN3O2. The minimum absolute atomic E-state index is 0.239. The number of halogens is 1. The smallest absolute Gasteiger partial charge is 0.312 e. The van der Waals surface area contributed by atoms with E-state index < -0.39 is 12.1 Å². The number of benzene rings is 1. The predicted molar refractivity (Wildman–Crippen MR) is 74.2 cm³/mol. The Hall–Kier alpha value is -2.11. The molecule has 0 radical (unpaired) electrons. The summed E-state index contributed by atoms with van der Waals surface area (Å²) >= 11 is 0. The summed E-state index contributed by atoms with van der Waals surface area (Å²) in [7, 11) is 0. The molecule has 0 aliphatic carbocycles. The van der Waals surface area contributed by atoms with Crippen molar-refractivity contribution < 1.29 is 14.0 Å². The van der Waals surface area contributed by atoms with E-state index in [1.807, 2.05) is 13.8 Å². The Morgan fingerprint density at radius 2 is 1.85 bits per heavy atom. The van der Waals surface area contributed by atoms with E-state index in [1.54, 1.807) is 12.1 Å². The van der Waals surface area contributed by atoms with Crippen LogP contribution in [-0.4, -0.2) is 18.0 Å². The van der Waals surface area contributed by atoms with Gasteiger partial charge in [-0.3, -0.25) is 4.79 Å². The van der Waals surface area contributed by atoms with Crippen molar-refractivity contribution in [2.24, 2.45) is 11.7 Å². The van der Waals surface area contributed by atoms with Crippen molar-refractivity contribution in [3.63, 3.8) is 0 Å². The van der Waals surface area contributed by atoms with Gasteiger partial charge >= 0.3 is 6.03 Å². The molecular weight excluding hydrogens is 261 g/mol. The Labute approximate surface area is 117 Å². The van der Waals surface area contributed by atoms with Gasteiger partial charge in [-0.15, -0.1) is 0 Å². The number of carbonyl (C=O) groups is 2. The first-order valence-electron chi connectivity index (χ1n) is 6.46. The lowest BCUT2D eigenvalue weighted by Crippen LogP contribution is -2.49. The molecule has 20 heavy (non-hydrogen) atoms. The Kier molecular flexibility index (Phi) is 5.96. The average molecular weight is 281 g/mol. The van der Waals surface area contributed by atoms with Crippen LogP contribution in [0.5, 0.6) is 0 Å². The quantitative estimate of drug-likeness (QED) is 0.738. The third kappa shape index (κ3) is 5.69. The third-order valence-corrected chi connectivity index (χ3v) is 2.72. The summed E-state index contributed by atoms with van der Waals surface area (Å²) in [5, 5.41) is 5.12. The van der Waals surface area contributed by atoms with E-state index in [0.717, 1.165) is 5.56 Å². The summed E-state index contributed by atoms with van der Waals surface area (Å²) in [6, 6.07) is 4.45. The first kappa shape index (κ1) is 15.9. The Bertz CT molecular complexity index is 460. The molecule has 1 atom stereocenters. The second-order valence-electron chi connectivity index (χ2n) is 5.03. The van der Waals surface area contributed by atoms with Gasteiger partial charge in [-0.2, -0.15) is 0 Å². The van der Waals surface area contributed by atoms with Gasteiger partial charge in [-0.25, -0.2) is 9.18 Å². The first-order chi connectivity index (χ1) is 9.38. The third-order valence-electron chi connectivity index (χ3n) is 2.72. The van der Waals surface area contributed by atoms with Crippen LogP contribution >= 0.6 is 0 Å². The standard InChI is InChI=1S/C14H20FN3O2/c1-9(2)7-12(18-14(16)20)13(19)17-8-10-3-5-11(15)6-4-10/h3-6,9,12H,7-8H2,1-2H3,(H,17,19)(H3,16,18,20)/t12-/m0/s1. The minimum atomic E-state index is -0.729. The molecule has 1 rings (SSSR count). The number of nitrogens with two attached hydrogens (primary N) is 1. The van der Waals surface area contributed by atoms with Crippen LogP contribution in [0.3, 0.4) is 0 Å². The van der Waals surface area contributed by atoms with Crippen molar-refractivity contribution in [1.29, 1.82) is 0 Å². The zero-order chi connectivity index (χ0) is 15.1. The highest BCUT2D eigenvalue weighted by molar-refractivity contribution is 5.86. The van der Waals surface area contributed by atoms with Gasteiger partial charge in [0.25, 0.3) is 0 Å². The van der Waals surface area contributed by atoms with E-state index in [-0.39, 0.29) is 24.2 Å². The van der Waals surface area contributed by atoms with Crippen LogP contribution < -0.4 is 16.4 Å². The van der Waals surface area contributed by atoms with Crippen molar-refractivity contribution in [2.45, 2.75) is 32.9 Å². The maximum atomic E-state index is 12.8. The van der Waals surface area contributed by atoms with Crippen LogP contribution in [0.2, 0.25) is 0 Å². The largest absolute Gasteiger partial charge is 0.352 e. The van der Waals surface area contributed by atoms with Crippen molar-refractivity contribution >= 4 is 11.9 Å². The molecule has 0 fully saturated rings. The van der Waals surface area contributed by atoms with Gasteiger partial charge in [-0.05, 0) is 30.0 Å². The van der Waals surface area contributed by atoms with Crippen molar-refractivity contribution in [3.05, 3.63) is 35.6 Å². The monoisotopic (exact) mass is 281 g/mol. The number of hydrogen-bond donors (Lipinski definition) is 3. The topological polar surface area (TPSA) is 84.2 Å². The molecule has 3 amide bonds. The van der Waals surface area contributed by atoms with Gasteiger partial charge < -0.3 is 16.4 Å². The molecule has 0 saturated heterocycles. The van der Waals surface area contributed by atoms with Crippen LogP contribution in [0.1, 0.15) is 25.8 Å². The zero-order valence-corrected chi connectivity index (χ0v) is 11.7. The fourth-order valence-corrected chi connectivity index (χ4v) is 1.79. The maximum Gasteiger partial charge on any atom is 0.312 e. The molecule has 5 nitrogen and oxygen atoms in total. The zero-order valence-electron chi connectivity index (χ0n) is 11.7. The lowest BCUT2D eigenvalue weighted by molar-refractivity contribution is -0.123. The molecule has 1 aromatic carbocycles. The van der Waals surface area contributed by atoms with E-state index in [9.17, 15) is 14.0 Å². The Morgan fingerprint density at radius 1 is 1.25 bits per heavy atom. The molecule has 0 unspecified atom stereocenters. The summed E-state index contributed by atoms with van der Waals surface area (Å²) < 4.78 is 12.8. The van der Waals surface area contributed by atoms with E-state index in [1.165, 1.54) is 12.1 Å². The Balaban J connectivity index is 2.56. The lowest BCUT2D eigenvalue weighted by Gasteiger charge is -2.19. The summed E-state index contributed by atoms with van der Waals surface area (Å²) in [6.45, 7) is 4.17. The second kappa shape index (κ2) is 7.47. The van der Waals surface area contributed by atoms with E-state index in [2.05, 4.69) is 10.6 Å². The Morgan fingerprint density at radius 3 is 2.35 bits per heavy atom. The molecule has 1 aromatic rings. The molecule has 0 aromatic heterocycles. The van der Waals surface area contributed by atoms with Crippen LogP contribution in [0.25, 0.3) is 0 Å². The van der Waals surface area contributed by atoms with Gasteiger partial charge in [0, 0.05) is 6.54 Å². The van der Waals surface area contributed by atoms with Crippen LogP contribution in [0, 0.1) is 11.7 Å². The molecule has 0 saturated carbocycles. The summed E-state index contributed by atoms with van der Waals surface area (Å²) in [5.41, 5.74) is 5.84. The minimum Gasteiger partial charge on any atom is -0.352 e. The number of rotatable bonds is 6. The highest BCUT2D eigenvalue weighted by Gasteiger charge is 2.20.